The van der Waals surface area contributed by atoms with Crippen LogP contribution in [0, 0.1) is 0 Å². The average molecular weight is 505 g/mol. The molecule has 176 valence electrons. The summed E-state index contributed by atoms with van der Waals surface area (Å²) in [5.74, 6) is 1.23. The van der Waals surface area contributed by atoms with E-state index in [-0.39, 0.29) is 11.7 Å². The third kappa shape index (κ3) is 6.34. The van der Waals surface area contributed by atoms with Crippen molar-refractivity contribution in [1.29, 1.82) is 0 Å². The van der Waals surface area contributed by atoms with E-state index in [4.69, 9.17) is 16.3 Å². The van der Waals surface area contributed by atoms with E-state index < -0.39 is 0 Å². The molecule has 8 nitrogen and oxygen atoms in total. The summed E-state index contributed by atoms with van der Waals surface area (Å²) in [5, 5.41) is 13.8. The number of hydrogen-bond donors (Lipinski definition) is 1. The number of amides is 1. The lowest BCUT2D eigenvalue weighted by Crippen LogP contribution is -2.19. The van der Waals surface area contributed by atoms with Gasteiger partial charge < -0.3 is 4.74 Å². The summed E-state index contributed by atoms with van der Waals surface area (Å²) in [5.41, 5.74) is 5.11. The van der Waals surface area contributed by atoms with Gasteiger partial charge in [0.1, 0.15) is 5.75 Å². The van der Waals surface area contributed by atoms with Crippen LogP contribution in [-0.4, -0.2) is 44.7 Å². The molecule has 0 saturated heterocycles. The van der Waals surface area contributed by atoms with E-state index in [2.05, 4.69) is 25.7 Å². The molecule has 4 rings (SSSR count). The van der Waals surface area contributed by atoms with Crippen LogP contribution in [0.2, 0.25) is 5.02 Å². The molecule has 0 aliphatic rings. The van der Waals surface area contributed by atoms with Crippen molar-refractivity contribution < 1.29 is 9.53 Å². The maximum absolute atomic E-state index is 12.3. The van der Waals surface area contributed by atoms with E-state index >= 15 is 0 Å². The van der Waals surface area contributed by atoms with Gasteiger partial charge in [0.25, 0.3) is 5.91 Å². The number of allylic oxidation sites excluding steroid dienone is 1. The summed E-state index contributed by atoms with van der Waals surface area (Å²) < 4.78 is 7.18. The van der Waals surface area contributed by atoms with Gasteiger partial charge >= 0.3 is 0 Å². The molecule has 1 amide bonds. The maximum atomic E-state index is 12.3. The number of thioether (sulfide) groups is 1. The second-order valence-electron chi connectivity index (χ2n) is 7.06. The highest BCUT2D eigenvalue weighted by Crippen LogP contribution is 2.28. The number of benzene rings is 2. The summed E-state index contributed by atoms with van der Waals surface area (Å²) in [6.45, 7) is 0. The molecule has 10 heteroatoms. The van der Waals surface area contributed by atoms with Gasteiger partial charge in [-0.3, -0.25) is 14.3 Å². The third-order valence-electron chi connectivity index (χ3n) is 4.75. The molecule has 1 N–H and O–H groups in total. The van der Waals surface area contributed by atoms with E-state index in [9.17, 15) is 4.79 Å². The molecule has 4 aromatic rings. The van der Waals surface area contributed by atoms with Gasteiger partial charge in [0.15, 0.2) is 11.0 Å². The number of hydrazone groups is 1. The Balaban J connectivity index is 1.42. The Morgan fingerprint density at radius 1 is 1.11 bits per heavy atom. The van der Waals surface area contributed by atoms with Crippen molar-refractivity contribution in [2.24, 2.45) is 5.10 Å². The molecular formula is C25H21ClN6O2S. The molecule has 0 bridgehead atoms. The van der Waals surface area contributed by atoms with E-state index in [0.29, 0.717) is 16.0 Å². The van der Waals surface area contributed by atoms with E-state index in [0.717, 1.165) is 22.6 Å². The molecule has 0 spiro atoms. The van der Waals surface area contributed by atoms with Crippen LogP contribution in [0.5, 0.6) is 5.75 Å². The van der Waals surface area contributed by atoms with Crippen LogP contribution in [-0.2, 0) is 4.79 Å². The van der Waals surface area contributed by atoms with Crippen molar-refractivity contribution in [1.82, 2.24) is 25.2 Å². The number of halogens is 1. The molecular weight excluding hydrogens is 484 g/mol. The Kier molecular flexibility index (Phi) is 8.26. The number of nitrogens with zero attached hydrogens (tertiary/aromatic N) is 5. The molecule has 2 aromatic carbocycles. The highest BCUT2D eigenvalue weighted by molar-refractivity contribution is 7.99. The predicted molar refractivity (Wildman–Crippen MR) is 139 cm³/mol. The molecule has 2 aromatic heterocycles. The Hall–Kier alpha value is -3.95. The SMILES string of the molecule is COc1ccccc1C=CC=NNC(=O)CSc1nnc(-c2ccncc2)n1-c1ccc(Cl)cc1. The first-order chi connectivity index (χ1) is 17.2. The minimum atomic E-state index is -0.270. The van der Waals surface area contributed by atoms with Crippen LogP contribution >= 0.6 is 23.4 Å². The zero-order valence-electron chi connectivity index (χ0n) is 18.7. The number of pyridine rings is 1. The van der Waals surface area contributed by atoms with Crippen molar-refractivity contribution in [3.63, 3.8) is 0 Å². The molecule has 0 aliphatic carbocycles. The molecule has 0 saturated carbocycles. The van der Waals surface area contributed by atoms with Crippen LogP contribution < -0.4 is 10.2 Å². The number of aromatic nitrogens is 4. The second kappa shape index (κ2) is 12.0. The van der Waals surface area contributed by atoms with Crippen molar-refractivity contribution in [3.8, 4) is 22.8 Å². The normalized spacial score (nSPS) is 11.3. The maximum Gasteiger partial charge on any atom is 0.250 e. The van der Waals surface area contributed by atoms with Crippen molar-refractivity contribution in [2.45, 2.75) is 5.16 Å². The number of nitrogens with one attached hydrogen (secondary N) is 1. The van der Waals surface area contributed by atoms with Gasteiger partial charge in [-0.05, 0) is 54.6 Å². The Morgan fingerprint density at radius 2 is 1.89 bits per heavy atom. The molecule has 0 fully saturated rings. The second-order valence-corrected chi connectivity index (χ2v) is 8.44. The summed E-state index contributed by atoms with van der Waals surface area (Å²) in [6.07, 6.45) is 8.46. The van der Waals surface area contributed by atoms with Crippen LogP contribution in [0.15, 0.2) is 89.4 Å². The fourth-order valence-corrected chi connectivity index (χ4v) is 4.01. The summed E-state index contributed by atoms with van der Waals surface area (Å²) in [6, 6.07) is 18.7. The van der Waals surface area contributed by atoms with E-state index in [1.807, 2.05) is 59.2 Å². The van der Waals surface area contributed by atoms with Crippen LogP contribution in [0.25, 0.3) is 23.2 Å². The van der Waals surface area contributed by atoms with Crippen molar-refractivity contribution >= 4 is 41.6 Å². The minimum absolute atomic E-state index is 0.107. The van der Waals surface area contributed by atoms with E-state index in [1.54, 1.807) is 37.7 Å². The zero-order valence-corrected chi connectivity index (χ0v) is 20.3. The Bertz CT molecular complexity index is 1340. The number of methoxy groups -OCH3 is 1. The monoisotopic (exact) mass is 504 g/mol. The number of rotatable bonds is 9. The fraction of sp³-hybridized carbons (Fsp3) is 0.0800. The summed E-state index contributed by atoms with van der Waals surface area (Å²) in [4.78, 5) is 16.4. The molecule has 0 radical (unpaired) electrons. The summed E-state index contributed by atoms with van der Waals surface area (Å²) >= 11 is 7.32. The van der Waals surface area contributed by atoms with Crippen molar-refractivity contribution in [2.75, 3.05) is 12.9 Å². The van der Waals surface area contributed by atoms with E-state index in [1.165, 1.54) is 18.0 Å². The van der Waals surface area contributed by atoms with Gasteiger partial charge in [-0.25, -0.2) is 5.43 Å². The first kappa shape index (κ1) is 24.2. The quantitative estimate of drug-likeness (QED) is 0.198. The highest BCUT2D eigenvalue weighted by atomic mass is 35.5. The van der Waals surface area contributed by atoms with Crippen LogP contribution in [0.1, 0.15) is 5.56 Å². The Labute approximate surface area is 211 Å². The standard InChI is InChI=1S/C25H21ClN6O2S/c1-34-22-7-3-2-5-18(22)6-4-14-28-29-23(33)17-35-25-31-30-24(19-12-15-27-16-13-19)32(25)21-10-8-20(26)9-11-21/h2-16H,17H2,1H3,(H,29,33). The number of ether oxygens (including phenoxy) is 1. The minimum Gasteiger partial charge on any atom is -0.496 e. The average Bonchev–Trinajstić information content (AvgIpc) is 3.32. The molecule has 2 heterocycles. The highest BCUT2D eigenvalue weighted by Gasteiger charge is 2.17. The van der Waals surface area contributed by atoms with Crippen molar-refractivity contribution in [3.05, 3.63) is 89.7 Å². The number of hydrogen-bond acceptors (Lipinski definition) is 7. The van der Waals surface area contributed by atoms with Gasteiger partial charge in [0, 0.05) is 40.4 Å². The van der Waals surface area contributed by atoms with Crippen LogP contribution in [0.3, 0.4) is 0 Å². The Morgan fingerprint density at radius 3 is 2.66 bits per heavy atom. The van der Waals surface area contributed by atoms with Gasteiger partial charge in [0.05, 0.1) is 12.9 Å². The molecule has 0 unspecified atom stereocenters. The molecule has 35 heavy (non-hydrogen) atoms. The van der Waals surface area contributed by atoms with Gasteiger partial charge in [-0.1, -0.05) is 41.6 Å². The molecule has 0 aliphatic heterocycles. The lowest BCUT2D eigenvalue weighted by atomic mass is 10.2. The first-order valence-corrected chi connectivity index (χ1v) is 11.9. The topological polar surface area (TPSA) is 94.3 Å². The summed E-state index contributed by atoms with van der Waals surface area (Å²) in [7, 11) is 1.62. The fourth-order valence-electron chi connectivity index (χ4n) is 3.14. The number of carbonyl (C=O) groups excluding carboxylic acids is 1. The molecule has 0 atom stereocenters. The smallest absolute Gasteiger partial charge is 0.250 e. The zero-order chi connectivity index (χ0) is 24.5. The third-order valence-corrected chi connectivity index (χ3v) is 5.93. The first-order valence-electron chi connectivity index (χ1n) is 10.5. The number of carbonyl (C=O) groups is 1. The largest absolute Gasteiger partial charge is 0.496 e. The van der Waals surface area contributed by atoms with Gasteiger partial charge in [-0.15, -0.1) is 10.2 Å². The van der Waals surface area contributed by atoms with Gasteiger partial charge in [-0.2, -0.15) is 5.10 Å². The lowest BCUT2D eigenvalue weighted by Gasteiger charge is -2.10. The number of para-hydroxylation sites is 1. The van der Waals surface area contributed by atoms with Gasteiger partial charge in [0.2, 0.25) is 0 Å². The lowest BCUT2D eigenvalue weighted by molar-refractivity contribution is -0.118. The predicted octanol–water partition coefficient (Wildman–Crippen LogP) is 4.90. The van der Waals surface area contributed by atoms with Crippen LogP contribution in [0.4, 0.5) is 0 Å².